The predicted octanol–water partition coefficient (Wildman–Crippen LogP) is 4.11. The SMILES string of the molecule is CCS(=O)(=O)c1ccc(NC2CCC(C)(C)CC2C)cc1. The first-order valence-corrected chi connectivity index (χ1v) is 9.48. The lowest BCUT2D eigenvalue weighted by atomic mass is 9.70. The predicted molar refractivity (Wildman–Crippen MR) is 88.4 cm³/mol. The topological polar surface area (TPSA) is 46.2 Å². The standard InChI is InChI=1S/C17H27NO2S/c1-5-21(19,20)15-8-6-14(7-9-15)18-16-10-11-17(3,4)12-13(16)2/h6-9,13,16,18H,5,10-12H2,1-4H3. The Kier molecular flexibility index (Phi) is 4.66. The van der Waals surface area contributed by atoms with Crippen molar-refractivity contribution in [3.8, 4) is 0 Å². The number of benzene rings is 1. The molecule has 0 heterocycles. The Morgan fingerprint density at radius 2 is 1.86 bits per heavy atom. The van der Waals surface area contributed by atoms with Crippen molar-refractivity contribution in [2.24, 2.45) is 11.3 Å². The van der Waals surface area contributed by atoms with E-state index in [-0.39, 0.29) is 5.75 Å². The van der Waals surface area contributed by atoms with Crippen molar-refractivity contribution in [3.63, 3.8) is 0 Å². The van der Waals surface area contributed by atoms with Gasteiger partial charge in [-0.1, -0.05) is 27.7 Å². The second-order valence-corrected chi connectivity index (χ2v) is 9.34. The zero-order valence-corrected chi connectivity index (χ0v) is 14.3. The highest BCUT2D eigenvalue weighted by Gasteiger charge is 2.32. The minimum atomic E-state index is -3.10. The van der Waals surface area contributed by atoms with Crippen LogP contribution in [-0.2, 0) is 9.84 Å². The molecule has 0 aromatic heterocycles. The van der Waals surface area contributed by atoms with Gasteiger partial charge in [-0.15, -0.1) is 0 Å². The van der Waals surface area contributed by atoms with Crippen LogP contribution in [0.1, 0.15) is 47.0 Å². The van der Waals surface area contributed by atoms with Crippen LogP contribution in [0.4, 0.5) is 5.69 Å². The summed E-state index contributed by atoms with van der Waals surface area (Å²) in [5.41, 5.74) is 1.46. The van der Waals surface area contributed by atoms with Gasteiger partial charge in [0, 0.05) is 11.7 Å². The molecule has 4 heteroatoms. The molecule has 21 heavy (non-hydrogen) atoms. The molecule has 1 aromatic rings. The van der Waals surface area contributed by atoms with E-state index in [9.17, 15) is 8.42 Å². The average molecular weight is 309 g/mol. The molecule has 0 saturated heterocycles. The molecular formula is C17H27NO2S. The lowest BCUT2D eigenvalue weighted by Gasteiger charge is -2.40. The van der Waals surface area contributed by atoms with E-state index >= 15 is 0 Å². The number of hydrogen-bond donors (Lipinski definition) is 1. The van der Waals surface area contributed by atoms with Crippen LogP contribution in [0, 0.1) is 11.3 Å². The van der Waals surface area contributed by atoms with Crippen LogP contribution < -0.4 is 5.32 Å². The third-order valence-electron chi connectivity index (χ3n) is 4.64. The van der Waals surface area contributed by atoms with Crippen LogP contribution in [-0.4, -0.2) is 20.2 Å². The zero-order chi connectivity index (χ0) is 15.7. The van der Waals surface area contributed by atoms with Crippen molar-refractivity contribution in [1.29, 1.82) is 0 Å². The highest BCUT2D eigenvalue weighted by atomic mass is 32.2. The highest BCUT2D eigenvalue weighted by molar-refractivity contribution is 7.91. The Balaban J connectivity index is 2.04. The number of rotatable bonds is 4. The van der Waals surface area contributed by atoms with Crippen LogP contribution >= 0.6 is 0 Å². The molecule has 0 radical (unpaired) electrons. The summed E-state index contributed by atoms with van der Waals surface area (Å²) in [6.07, 6.45) is 3.63. The van der Waals surface area contributed by atoms with Gasteiger partial charge >= 0.3 is 0 Å². The lowest BCUT2D eigenvalue weighted by molar-refractivity contribution is 0.177. The number of sulfone groups is 1. The van der Waals surface area contributed by atoms with Crippen LogP contribution in [0.2, 0.25) is 0 Å². The summed E-state index contributed by atoms with van der Waals surface area (Å²) >= 11 is 0. The summed E-state index contributed by atoms with van der Waals surface area (Å²) in [4.78, 5) is 0.411. The Morgan fingerprint density at radius 1 is 1.24 bits per heavy atom. The van der Waals surface area contributed by atoms with E-state index in [0.29, 0.717) is 22.3 Å². The van der Waals surface area contributed by atoms with Crippen molar-refractivity contribution in [3.05, 3.63) is 24.3 Å². The fourth-order valence-electron chi connectivity index (χ4n) is 3.30. The van der Waals surface area contributed by atoms with E-state index in [1.807, 2.05) is 12.1 Å². The maximum Gasteiger partial charge on any atom is 0.178 e. The van der Waals surface area contributed by atoms with Gasteiger partial charge in [0.2, 0.25) is 0 Å². The first-order chi connectivity index (χ1) is 9.73. The average Bonchev–Trinajstić information content (AvgIpc) is 2.42. The molecular weight excluding hydrogens is 282 g/mol. The van der Waals surface area contributed by atoms with Gasteiger partial charge in [0.05, 0.1) is 10.6 Å². The van der Waals surface area contributed by atoms with Crippen molar-refractivity contribution in [2.45, 2.75) is 57.9 Å². The third-order valence-corrected chi connectivity index (χ3v) is 6.39. The van der Waals surface area contributed by atoms with E-state index in [1.54, 1.807) is 19.1 Å². The lowest BCUT2D eigenvalue weighted by Crippen LogP contribution is -2.36. The fraction of sp³-hybridized carbons (Fsp3) is 0.647. The van der Waals surface area contributed by atoms with Gasteiger partial charge in [-0.3, -0.25) is 0 Å². The molecule has 1 fully saturated rings. The summed E-state index contributed by atoms with van der Waals surface area (Å²) in [5.74, 6) is 0.780. The maximum atomic E-state index is 11.8. The van der Waals surface area contributed by atoms with E-state index in [4.69, 9.17) is 0 Å². The number of anilines is 1. The van der Waals surface area contributed by atoms with Crippen LogP contribution in [0.5, 0.6) is 0 Å². The first-order valence-electron chi connectivity index (χ1n) is 7.83. The molecule has 118 valence electrons. The minimum absolute atomic E-state index is 0.147. The normalized spacial score (nSPS) is 25.5. The Bertz CT molecular complexity index is 575. The monoisotopic (exact) mass is 309 g/mol. The summed E-state index contributed by atoms with van der Waals surface area (Å²) in [7, 11) is -3.10. The maximum absolute atomic E-state index is 11.8. The van der Waals surface area contributed by atoms with Gasteiger partial charge in [0.1, 0.15) is 0 Å². The van der Waals surface area contributed by atoms with Crippen LogP contribution in [0.3, 0.4) is 0 Å². The molecule has 2 atom stereocenters. The van der Waals surface area contributed by atoms with E-state index in [0.717, 1.165) is 5.69 Å². The molecule has 0 aliphatic heterocycles. The zero-order valence-electron chi connectivity index (χ0n) is 13.5. The van der Waals surface area contributed by atoms with Gasteiger partial charge in [-0.2, -0.15) is 0 Å². The number of hydrogen-bond acceptors (Lipinski definition) is 3. The molecule has 0 amide bonds. The van der Waals surface area contributed by atoms with E-state index in [1.165, 1.54) is 19.3 Å². The van der Waals surface area contributed by atoms with Crippen molar-refractivity contribution >= 4 is 15.5 Å². The molecule has 0 bridgehead atoms. The molecule has 2 unspecified atom stereocenters. The van der Waals surface area contributed by atoms with Gasteiger partial charge in [0.15, 0.2) is 9.84 Å². The summed E-state index contributed by atoms with van der Waals surface area (Å²) in [5, 5.41) is 3.57. The summed E-state index contributed by atoms with van der Waals surface area (Å²) < 4.78 is 23.6. The van der Waals surface area contributed by atoms with Gasteiger partial charge in [-0.25, -0.2) is 8.42 Å². The largest absolute Gasteiger partial charge is 0.382 e. The van der Waals surface area contributed by atoms with Gasteiger partial charge in [0.25, 0.3) is 0 Å². The highest BCUT2D eigenvalue weighted by Crippen LogP contribution is 2.39. The van der Waals surface area contributed by atoms with E-state index < -0.39 is 9.84 Å². The molecule has 1 aromatic carbocycles. The van der Waals surface area contributed by atoms with Crippen molar-refractivity contribution in [2.75, 3.05) is 11.1 Å². The minimum Gasteiger partial charge on any atom is -0.382 e. The molecule has 1 N–H and O–H groups in total. The smallest absolute Gasteiger partial charge is 0.178 e. The Labute approximate surface area is 129 Å². The molecule has 2 rings (SSSR count). The quantitative estimate of drug-likeness (QED) is 0.910. The van der Waals surface area contributed by atoms with Crippen LogP contribution in [0.25, 0.3) is 0 Å². The molecule has 1 aliphatic carbocycles. The second kappa shape index (κ2) is 5.99. The molecule has 3 nitrogen and oxygen atoms in total. The molecule has 1 aliphatic rings. The van der Waals surface area contributed by atoms with Crippen molar-refractivity contribution in [1.82, 2.24) is 0 Å². The van der Waals surface area contributed by atoms with Gasteiger partial charge < -0.3 is 5.32 Å². The molecule has 0 spiro atoms. The third kappa shape index (κ3) is 4.00. The van der Waals surface area contributed by atoms with Crippen LogP contribution in [0.15, 0.2) is 29.2 Å². The first kappa shape index (κ1) is 16.3. The summed E-state index contributed by atoms with van der Waals surface area (Å²) in [6, 6.07) is 7.66. The Morgan fingerprint density at radius 3 is 2.38 bits per heavy atom. The summed E-state index contributed by atoms with van der Waals surface area (Å²) in [6.45, 7) is 8.65. The van der Waals surface area contributed by atoms with Gasteiger partial charge in [-0.05, 0) is 54.9 Å². The number of nitrogens with one attached hydrogen (secondary N) is 1. The Hall–Kier alpha value is -1.03. The van der Waals surface area contributed by atoms with Crippen molar-refractivity contribution < 1.29 is 8.42 Å². The van der Waals surface area contributed by atoms with E-state index in [2.05, 4.69) is 26.1 Å². The molecule has 1 saturated carbocycles. The second-order valence-electron chi connectivity index (χ2n) is 7.06. The fourth-order valence-corrected chi connectivity index (χ4v) is 4.18.